The molecule has 0 radical (unpaired) electrons. The number of aromatic nitrogens is 3. The van der Waals surface area contributed by atoms with E-state index in [0.29, 0.717) is 11.5 Å². The monoisotopic (exact) mass is 502 g/mol. The maximum Gasteiger partial charge on any atom is 0.227 e. The van der Waals surface area contributed by atoms with Gasteiger partial charge in [0, 0.05) is 63.8 Å². The van der Waals surface area contributed by atoms with Crippen LogP contribution < -0.4 is 4.90 Å². The minimum Gasteiger partial charge on any atom is -0.452 e. The molecular weight excluding hydrogens is 472 g/mol. The van der Waals surface area contributed by atoms with Gasteiger partial charge in [-0.3, -0.25) is 4.98 Å². The van der Waals surface area contributed by atoms with Crippen LogP contribution in [0.4, 0.5) is 5.69 Å². The second-order valence-corrected chi connectivity index (χ2v) is 10.0. The smallest absolute Gasteiger partial charge is 0.227 e. The highest BCUT2D eigenvalue weighted by molar-refractivity contribution is 6.34. The lowest BCUT2D eigenvalue weighted by Crippen LogP contribution is -2.25. The molecule has 0 aliphatic carbocycles. The molecule has 0 aliphatic heterocycles. The van der Waals surface area contributed by atoms with Crippen molar-refractivity contribution >= 4 is 60.5 Å². The zero-order valence-corrected chi connectivity index (χ0v) is 21.8. The summed E-state index contributed by atoms with van der Waals surface area (Å²) >= 11 is 0. The zero-order valence-electron chi connectivity index (χ0n) is 21.8. The lowest BCUT2D eigenvalue weighted by molar-refractivity contribution is 0.603. The van der Waals surface area contributed by atoms with E-state index in [1.54, 1.807) is 12.4 Å². The third-order valence-electron chi connectivity index (χ3n) is 7.55. The van der Waals surface area contributed by atoms with Crippen molar-refractivity contribution in [2.45, 2.75) is 39.5 Å². The van der Waals surface area contributed by atoms with Gasteiger partial charge in [0.1, 0.15) is 11.1 Å². The van der Waals surface area contributed by atoms with E-state index in [1.807, 2.05) is 12.1 Å². The fourth-order valence-corrected chi connectivity index (χ4v) is 5.60. The Labute approximate surface area is 220 Å². The van der Waals surface area contributed by atoms with E-state index in [-0.39, 0.29) is 0 Å². The van der Waals surface area contributed by atoms with Crippen LogP contribution in [-0.4, -0.2) is 28.0 Å². The number of rotatable bonds is 8. The summed E-state index contributed by atoms with van der Waals surface area (Å²) in [6, 6.07) is 18.9. The Kier molecular flexibility index (Phi) is 5.54. The Morgan fingerprint density at radius 3 is 2.39 bits per heavy atom. The number of unbranched alkanes of at least 4 members (excludes halogenated alkanes) is 2. The topological polar surface area (TPSA) is 71.1 Å². The summed E-state index contributed by atoms with van der Waals surface area (Å²) in [7, 11) is 0. The number of fused-ring (bicyclic) bond motifs is 10. The summed E-state index contributed by atoms with van der Waals surface area (Å²) in [6.07, 6.45) is 8.22. The summed E-state index contributed by atoms with van der Waals surface area (Å²) in [5, 5.41) is 4.46. The van der Waals surface area contributed by atoms with Crippen LogP contribution in [0.2, 0.25) is 0 Å². The maximum atomic E-state index is 6.56. The summed E-state index contributed by atoms with van der Waals surface area (Å²) < 4.78 is 13.0. The Bertz CT molecular complexity index is 1900. The normalized spacial score (nSPS) is 12.1. The number of nitrogens with zero attached hydrogens (tertiary/aromatic N) is 3. The van der Waals surface area contributed by atoms with Gasteiger partial charge in [-0.25, -0.2) is 4.98 Å². The molecule has 1 N–H and O–H groups in total. The van der Waals surface area contributed by atoms with E-state index in [2.05, 4.69) is 71.2 Å². The average Bonchev–Trinajstić information content (AvgIpc) is 3.66. The minimum atomic E-state index is 0.557. The van der Waals surface area contributed by atoms with Crippen molar-refractivity contribution < 1.29 is 8.83 Å². The van der Waals surface area contributed by atoms with Crippen molar-refractivity contribution in [2.24, 2.45) is 0 Å². The first-order valence-electron chi connectivity index (χ1n) is 13.6. The summed E-state index contributed by atoms with van der Waals surface area (Å²) in [4.78, 5) is 15.2. The van der Waals surface area contributed by atoms with E-state index in [1.165, 1.54) is 31.4 Å². The Hall–Kier alpha value is -4.32. The van der Waals surface area contributed by atoms with Gasteiger partial charge in [0.2, 0.25) is 11.5 Å². The van der Waals surface area contributed by atoms with Crippen LogP contribution in [0.15, 0.2) is 75.8 Å². The predicted octanol–water partition coefficient (Wildman–Crippen LogP) is 8.83. The van der Waals surface area contributed by atoms with Crippen LogP contribution in [0.3, 0.4) is 0 Å². The first-order valence-corrected chi connectivity index (χ1v) is 13.6. The first kappa shape index (κ1) is 22.8. The van der Waals surface area contributed by atoms with Crippen molar-refractivity contribution in [3.8, 4) is 11.5 Å². The zero-order chi connectivity index (χ0) is 25.6. The molecule has 4 heterocycles. The van der Waals surface area contributed by atoms with Crippen LogP contribution in [-0.2, 0) is 0 Å². The Balaban J connectivity index is 1.55. The van der Waals surface area contributed by atoms with Gasteiger partial charge in [0.25, 0.3) is 0 Å². The van der Waals surface area contributed by atoms with Gasteiger partial charge < -0.3 is 18.7 Å². The quantitative estimate of drug-likeness (QED) is 0.225. The number of hydrogen-bond acceptors (Lipinski definition) is 5. The first-order chi connectivity index (χ1) is 18.8. The van der Waals surface area contributed by atoms with E-state index < -0.39 is 0 Å². The maximum absolute atomic E-state index is 6.56. The highest BCUT2D eigenvalue weighted by Crippen LogP contribution is 2.45. The van der Waals surface area contributed by atoms with Gasteiger partial charge in [0.15, 0.2) is 5.58 Å². The van der Waals surface area contributed by atoms with E-state index in [4.69, 9.17) is 13.8 Å². The van der Waals surface area contributed by atoms with Crippen molar-refractivity contribution in [3.05, 3.63) is 67.0 Å². The van der Waals surface area contributed by atoms with Crippen molar-refractivity contribution in [1.29, 1.82) is 0 Å². The largest absolute Gasteiger partial charge is 0.452 e. The SMILES string of the molecule is CCCCN(CCCC)c1ccc2oc3c4oc(-c5ccncc5)nc4c4[nH]c5ccccc5c4c3c2c1. The van der Waals surface area contributed by atoms with Crippen LogP contribution in [0.1, 0.15) is 39.5 Å². The molecule has 0 fully saturated rings. The molecular formula is C32H30N4O2. The number of pyridine rings is 1. The summed E-state index contributed by atoms with van der Waals surface area (Å²) in [5.41, 5.74) is 7.21. The molecule has 7 aromatic rings. The third-order valence-corrected chi connectivity index (χ3v) is 7.55. The van der Waals surface area contributed by atoms with Crippen molar-refractivity contribution in [3.63, 3.8) is 0 Å². The average molecular weight is 503 g/mol. The number of benzene rings is 3. The second kappa shape index (κ2) is 9.21. The highest BCUT2D eigenvalue weighted by Gasteiger charge is 2.24. The lowest BCUT2D eigenvalue weighted by atomic mass is 10.0. The Morgan fingerprint density at radius 2 is 1.61 bits per heavy atom. The lowest BCUT2D eigenvalue weighted by Gasteiger charge is -2.24. The standard InChI is InChI=1S/C32H30N4O2/c1-3-5-17-36(18-6-4-2)21-11-12-25-23(19-21)27-26-22-9-7-8-10-24(22)34-28(26)29-31(30(27)37-25)38-32(35-29)20-13-15-33-16-14-20/h7-16,19,34H,3-6,17-18H2,1-2H3. The van der Waals surface area contributed by atoms with Gasteiger partial charge in [-0.05, 0) is 49.2 Å². The van der Waals surface area contributed by atoms with Crippen LogP contribution in [0.5, 0.6) is 0 Å². The summed E-state index contributed by atoms with van der Waals surface area (Å²) in [6.45, 7) is 6.62. The van der Waals surface area contributed by atoms with Gasteiger partial charge in [0.05, 0.1) is 5.52 Å². The van der Waals surface area contributed by atoms with Gasteiger partial charge in [-0.2, -0.15) is 0 Å². The molecule has 0 unspecified atom stereocenters. The number of nitrogens with one attached hydrogen (secondary N) is 1. The molecule has 38 heavy (non-hydrogen) atoms. The molecule has 4 aromatic heterocycles. The van der Waals surface area contributed by atoms with Crippen LogP contribution in [0.25, 0.3) is 66.3 Å². The molecule has 0 spiro atoms. The molecule has 6 nitrogen and oxygen atoms in total. The molecule has 0 aliphatic rings. The minimum absolute atomic E-state index is 0.557. The van der Waals surface area contributed by atoms with Gasteiger partial charge in [-0.15, -0.1) is 0 Å². The third kappa shape index (κ3) is 3.55. The second-order valence-electron chi connectivity index (χ2n) is 10.0. The van der Waals surface area contributed by atoms with E-state index >= 15 is 0 Å². The highest BCUT2D eigenvalue weighted by atomic mass is 16.4. The van der Waals surface area contributed by atoms with Gasteiger partial charge in [-0.1, -0.05) is 44.9 Å². The molecule has 0 bridgehead atoms. The van der Waals surface area contributed by atoms with Gasteiger partial charge >= 0.3 is 0 Å². The van der Waals surface area contributed by atoms with Crippen LogP contribution >= 0.6 is 0 Å². The summed E-state index contributed by atoms with van der Waals surface area (Å²) in [5.74, 6) is 0.557. The van der Waals surface area contributed by atoms with Crippen LogP contribution in [0, 0.1) is 0 Å². The Morgan fingerprint density at radius 1 is 0.816 bits per heavy atom. The number of aromatic amines is 1. The van der Waals surface area contributed by atoms with E-state index in [0.717, 1.165) is 67.9 Å². The predicted molar refractivity (Wildman–Crippen MR) is 156 cm³/mol. The fourth-order valence-electron chi connectivity index (χ4n) is 5.60. The van der Waals surface area contributed by atoms with Crippen molar-refractivity contribution in [2.75, 3.05) is 18.0 Å². The van der Waals surface area contributed by atoms with E-state index in [9.17, 15) is 0 Å². The molecule has 0 saturated carbocycles. The number of H-pyrrole nitrogens is 1. The number of anilines is 1. The van der Waals surface area contributed by atoms with Crippen molar-refractivity contribution in [1.82, 2.24) is 15.0 Å². The number of oxazole rings is 1. The molecule has 190 valence electrons. The number of hydrogen-bond donors (Lipinski definition) is 1. The molecule has 0 amide bonds. The molecule has 0 saturated heterocycles. The molecule has 3 aromatic carbocycles. The number of para-hydroxylation sites is 1. The number of furan rings is 1. The fraction of sp³-hybridized carbons (Fsp3) is 0.250. The molecule has 0 atom stereocenters. The molecule has 6 heteroatoms. The molecule has 7 rings (SSSR count).